The molecule has 1 rings (SSSR count). The Balaban J connectivity index is 3.14. The van der Waals surface area contributed by atoms with Crippen LogP contribution in [0.15, 0.2) is 23.1 Å². The zero-order chi connectivity index (χ0) is 13.8. The van der Waals surface area contributed by atoms with Gasteiger partial charge in [0.2, 0.25) is 5.91 Å². The number of amides is 1. The van der Waals surface area contributed by atoms with Gasteiger partial charge in [0.05, 0.1) is 11.3 Å². The largest absolute Gasteiger partial charge is 0.371 e. The van der Waals surface area contributed by atoms with Crippen molar-refractivity contribution in [2.45, 2.75) is 31.2 Å². The van der Waals surface area contributed by atoms with E-state index in [2.05, 4.69) is 11.4 Å². The fraction of sp³-hybridized carbons (Fsp3) is 0.385. The average Bonchev–Trinajstić information content (AvgIpc) is 2.29. The van der Waals surface area contributed by atoms with Crippen LogP contribution in [-0.4, -0.2) is 17.2 Å². The Bertz CT molecular complexity index is 491. The number of thioether (sulfide) groups is 1. The molecule has 3 N–H and O–H groups in total. The summed E-state index contributed by atoms with van der Waals surface area (Å²) in [5.41, 5.74) is 5.62. The molecule has 0 saturated heterocycles. The summed E-state index contributed by atoms with van der Waals surface area (Å²) in [6.45, 7) is 5.41. The van der Waals surface area contributed by atoms with Gasteiger partial charge in [-0.15, -0.1) is 11.8 Å². The molecule has 0 atom stereocenters. The number of nitriles is 1. The summed E-state index contributed by atoms with van der Waals surface area (Å²) in [6, 6.07) is 7.71. The number of carbonyl (C=O) groups excluding carboxylic acids is 1. The third-order valence-electron chi connectivity index (χ3n) is 2.50. The molecule has 0 saturated carbocycles. The predicted molar refractivity (Wildman–Crippen MR) is 74.5 cm³/mol. The summed E-state index contributed by atoms with van der Waals surface area (Å²) in [6.07, 6.45) is 0. The van der Waals surface area contributed by atoms with Gasteiger partial charge in [-0.1, -0.05) is 13.0 Å². The van der Waals surface area contributed by atoms with Crippen LogP contribution in [0, 0.1) is 11.3 Å². The first kappa shape index (κ1) is 14.4. The Morgan fingerprint density at radius 1 is 1.56 bits per heavy atom. The maximum absolute atomic E-state index is 11.3. The number of nitrogens with two attached hydrogens (primary N) is 1. The van der Waals surface area contributed by atoms with Gasteiger partial charge in [-0.25, -0.2) is 0 Å². The average molecular weight is 263 g/mol. The van der Waals surface area contributed by atoms with Crippen LogP contribution in [0.5, 0.6) is 0 Å². The van der Waals surface area contributed by atoms with Crippen LogP contribution in [0.1, 0.15) is 26.3 Å². The molecule has 0 aromatic heterocycles. The molecule has 0 fully saturated rings. The SMILES string of the molecule is CCSc1cccc(NC(C)(C)C(N)=O)c1C#N. The van der Waals surface area contributed by atoms with E-state index < -0.39 is 11.4 Å². The Hall–Kier alpha value is -1.67. The Morgan fingerprint density at radius 2 is 2.22 bits per heavy atom. The second-order valence-electron chi connectivity index (χ2n) is 4.34. The van der Waals surface area contributed by atoms with Crippen molar-refractivity contribution in [2.75, 3.05) is 11.1 Å². The van der Waals surface area contributed by atoms with Crippen molar-refractivity contribution in [1.82, 2.24) is 0 Å². The molecule has 0 heterocycles. The van der Waals surface area contributed by atoms with Crippen molar-refractivity contribution in [2.24, 2.45) is 5.73 Å². The second kappa shape index (κ2) is 5.78. The zero-order valence-corrected chi connectivity index (χ0v) is 11.6. The van der Waals surface area contributed by atoms with E-state index in [1.165, 1.54) is 0 Å². The highest BCUT2D eigenvalue weighted by molar-refractivity contribution is 7.99. The number of rotatable bonds is 5. The van der Waals surface area contributed by atoms with Gasteiger partial charge in [-0.3, -0.25) is 4.79 Å². The highest BCUT2D eigenvalue weighted by atomic mass is 32.2. The molecule has 0 aliphatic carbocycles. The van der Waals surface area contributed by atoms with E-state index >= 15 is 0 Å². The van der Waals surface area contributed by atoms with Crippen LogP contribution < -0.4 is 11.1 Å². The van der Waals surface area contributed by atoms with E-state index in [1.807, 2.05) is 19.1 Å². The topological polar surface area (TPSA) is 78.9 Å². The molecule has 4 nitrogen and oxygen atoms in total. The molecule has 1 aromatic rings. The van der Waals surface area contributed by atoms with Gasteiger partial charge in [0.15, 0.2) is 0 Å². The summed E-state index contributed by atoms with van der Waals surface area (Å²) >= 11 is 1.60. The first-order valence-electron chi connectivity index (χ1n) is 5.66. The molecule has 18 heavy (non-hydrogen) atoms. The van der Waals surface area contributed by atoms with Crippen molar-refractivity contribution < 1.29 is 4.79 Å². The number of carbonyl (C=O) groups is 1. The van der Waals surface area contributed by atoms with Crippen molar-refractivity contribution in [3.05, 3.63) is 23.8 Å². The van der Waals surface area contributed by atoms with Crippen molar-refractivity contribution in [1.29, 1.82) is 5.26 Å². The Labute approximate surface area is 112 Å². The number of anilines is 1. The molecular formula is C13H17N3OS. The van der Waals surface area contributed by atoms with Crippen LogP contribution in [0.25, 0.3) is 0 Å². The highest BCUT2D eigenvalue weighted by Gasteiger charge is 2.25. The zero-order valence-electron chi connectivity index (χ0n) is 10.8. The van der Waals surface area contributed by atoms with Gasteiger partial charge in [0.1, 0.15) is 11.6 Å². The third-order valence-corrected chi connectivity index (χ3v) is 3.44. The fourth-order valence-electron chi connectivity index (χ4n) is 1.42. The van der Waals surface area contributed by atoms with Gasteiger partial charge >= 0.3 is 0 Å². The number of hydrogen-bond donors (Lipinski definition) is 2. The second-order valence-corrected chi connectivity index (χ2v) is 5.64. The minimum Gasteiger partial charge on any atom is -0.371 e. The molecular weight excluding hydrogens is 246 g/mol. The standard InChI is InChI=1S/C13H17N3OS/c1-4-18-11-7-5-6-10(9(11)8-14)16-13(2,3)12(15)17/h5-7,16H,4H2,1-3H3,(H2,15,17). The molecule has 1 amide bonds. The van der Waals surface area contributed by atoms with Gasteiger partial charge in [-0.05, 0) is 31.7 Å². The van der Waals surface area contributed by atoms with E-state index in [0.717, 1.165) is 10.6 Å². The van der Waals surface area contributed by atoms with Gasteiger partial charge < -0.3 is 11.1 Å². The molecule has 0 unspecified atom stereocenters. The Morgan fingerprint density at radius 3 is 2.72 bits per heavy atom. The summed E-state index contributed by atoms with van der Waals surface area (Å²) in [7, 11) is 0. The quantitative estimate of drug-likeness (QED) is 0.799. The highest BCUT2D eigenvalue weighted by Crippen LogP contribution is 2.29. The number of benzene rings is 1. The lowest BCUT2D eigenvalue weighted by molar-refractivity contribution is -0.121. The summed E-state index contributed by atoms with van der Waals surface area (Å²) in [5.74, 6) is 0.428. The maximum Gasteiger partial charge on any atom is 0.242 e. The molecule has 5 heteroatoms. The minimum absolute atomic E-state index is 0.458. The van der Waals surface area contributed by atoms with Crippen LogP contribution in [0.2, 0.25) is 0 Å². The summed E-state index contributed by atoms with van der Waals surface area (Å²) in [4.78, 5) is 12.2. The van der Waals surface area contributed by atoms with E-state index in [0.29, 0.717) is 11.3 Å². The van der Waals surface area contributed by atoms with Crippen molar-refractivity contribution >= 4 is 23.4 Å². The predicted octanol–water partition coefficient (Wildman–Crippen LogP) is 2.35. The van der Waals surface area contributed by atoms with Gasteiger partial charge in [-0.2, -0.15) is 5.26 Å². The molecule has 0 spiro atoms. The fourth-order valence-corrected chi connectivity index (χ4v) is 2.21. The first-order chi connectivity index (χ1) is 8.42. The normalized spacial score (nSPS) is 10.8. The molecule has 1 aromatic carbocycles. The molecule has 96 valence electrons. The van der Waals surface area contributed by atoms with Crippen molar-refractivity contribution in [3.8, 4) is 6.07 Å². The maximum atomic E-state index is 11.3. The lowest BCUT2D eigenvalue weighted by atomic mass is 10.0. The number of hydrogen-bond acceptors (Lipinski definition) is 4. The van der Waals surface area contributed by atoms with Gasteiger partial charge in [0, 0.05) is 4.90 Å². The smallest absolute Gasteiger partial charge is 0.242 e. The van der Waals surface area contributed by atoms with E-state index in [4.69, 9.17) is 5.73 Å². The van der Waals surface area contributed by atoms with Crippen LogP contribution >= 0.6 is 11.8 Å². The molecule has 0 aliphatic heterocycles. The molecule has 0 bridgehead atoms. The first-order valence-corrected chi connectivity index (χ1v) is 6.65. The number of primary amides is 1. The summed E-state index contributed by atoms with van der Waals surface area (Å²) < 4.78 is 0. The minimum atomic E-state index is -0.888. The van der Waals surface area contributed by atoms with E-state index in [1.54, 1.807) is 31.7 Å². The molecule has 0 aliphatic rings. The van der Waals surface area contributed by atoms with Crippen LogP contribution in [0.4, 0.5) is 5.69 Å². The van der Waals surface area contributed by atoms with Gasteiger partial charge in [0.25, 0.3) is 0 Å². The van der Waals surface area contributed by atoms with E-state index in [9.17, 15) is 10.1 Å². The Kier molecular flexibility index (Phi) is 4.62. The van der Waals surface area contributed by atoms with Crippen molar-refractivity contribution in [3.63, 3.8) is 0 Å². The molecule has 0 radical (unpaired) electrons. The monoisotopic (exact) mass is 263 g/mol. The lowest BCUT2D eigenvalue weighted by Crippen LogP contribution is -2.45. The summed E-state index contributed by atoms with van der Waals surface area (Å²) in [5, 5.41) is 12.3. The third kappa shape index (κ3) is 3.17. The van der Waals surface area contributed by atoms with E-state index in [-0.39, 0.29) is 0 Å². The van der Waals surface area contributed by atoms with Crippen LogP contribution in [-0.2, 0) is 4.79 Å². The lowest BCUT2D eigenvalue weighted by Gasteiger charge is -2.24. The number of nitrogens with one attached hydrogen (secondary N) is 1. The number of nitrogens with zero attached hydrogens (tertiary/aromatic N) is 1. The van der Waals surface area contributed by atoms with Crippen LogP contribution in [0.3, 0.4) is 0 Å².